The molecule has 0 spiro atoms. The van der Waals surface area contributed by atoms with Gasteiger partial charge in [0, 0.05) is 13.1 Å². The summed E-state index contributed by atoms with van der Waals surface area (Å²) < 4.78 is 28.8. The third kappa shape index (κ3) is 6.77. The highest BCUT2D eigenvalue weighted by atomic mass is 32.2. The van der Waals surface area contributed by atoms with Crippen molar-refractivity contribution in [1.82, 2.24) is 10.2 Å². The Labute approximate surface area is 220 Å². The van der Waals surface area contributed by atoms with Crippen molar-refractivity contribution in [3.63, 3.8) is 0 Å². The van der Waals surface area contributed by atoms with Gasteiger partial charge >= 0.3 is 0 Å². The molecule has 3 aromatic carbocycles. The highest BCUT2D eigenvalue weighted by Crippen LogP contribution is 2.26. The smallest absolute Gasteiger partial charge is 0.264 e. The van der Waals surface area contributed by atoms with Gasteiger partial charge < -0.3 is 10.2 Å². The van der Waals surface area contributed by atoms with E-state index < -0.39 is 28.5 Å². The quantitative estimate of drug-likeness (QED) is 0.430. The average Bonchev–Trinajstić information content (AvgIpc) is 2.88. The van der Waals surface area contributed by atoms with E-state index in [1.54, 1.807) is 43.3 Å². The maximum Gasteiger partial charge on any atom is 0.264 e. The molecule has 7 nitrogen and oxygen atoms in total. The Kier molecular flexibility index (Phi) is 9.10. The molecule has 0 saturated carbocycles. The molecule has 8 heteroatoms. The number of sulfonamides is 1. The first-order valence-corrected chi connectivity index (χ1v) is 13.8. The fraction of sp³-hybridized carbons (Fsp3) is 0.310. The molecular formula is C29H35N3O4S. The van der Waals surface area contributed by atoms with E-state index in [2.05, 4.69) is 5.32 Å². The molecule has 0 aliphatic rings. The van der Waals surface area contributed by atoms with Crippen molar-refractivity contribution in [1.29, 1.82) is 0 Å². The maximum atomic E-state index is 13.8. The van der Waals surface area contributed by atoms with Gasteiger partial charge in [0.15, 0.2) is 0 Å². The molecular weight excluding hydrogens is 486 g/mol. The molecule has 0 bridgehead atoms. The number of anilines is 1. The second-order valence-corrected chi connectivity index (χ2v) is 11.0. The van der Waals surface area contributed by atoms with Gasteiger partial charge in [0.1, 0.15) is 12.6 Å². The number of nitrogens with zero attached hydrogens (tertiary/aromatic N) is 2. The summed E-state index contributed by atoms with van der Waals surface area (Å²) in [6.45, 7) is 9.33. The van der Waals surface area contributed by atoms with Crippen LogP contribution in [0, 0.1) is 20.8 Å². The van der Waals surface area contributed by atoms with E-state index in [4.69, 9.17) is 0 Å². The molecule has 196 valence electrons. The second-order valence-electron chi connectivity index (χ2n) is 9.17. The molecule has 2 amide bonds. The minimum atomic E-state index is -4.07. The maximum absolute atomic E-state index is 13.8. The molecule has 3 aromatic rings. The first-order chi connectivity index (χ1) is 17.5. The summed E-state index contributed by atoms with van der Waals surface area (Å²) in [6.07, 6.45) is 0. The number of hydrogen-bond acceptors (Lipinski definition) is 4. The third-order valence-corrected chi connectivity index (χ3v) is 8.17. The lowest BCUT2D eigenvalue weighted by Gasteiger charge is -2.32. The fourth-order valence-electron chi connectivity index (χ4n) is 3.93. The van der Waals surface area contributed by atoms with E-state index in [0.717, 1.165) is 26.6 Å². The Morgan fingerprint density at radius 1 is 0.892 bits per heavy atom. The van der Waals surface area contributed by atoms with Crippen molar-refractivity contribution in [2.45, 2.75) is 52.1 Å². The summed E-state index contributed by atoms with van der Waals surface area (Å²) in [6, 6.07) is 20.4. The van der Waals surface area contributed by atoms with E-state index in [1.807, 2.05) is 64.1 Å². The molecule has 0 aromatic heterocycles. The monoisotopic (exact) mass is 521 g/mol. The predicted octanol–water partition coefficient (Wildman–Crippen LogP) is 4.36. The lowest BCUT2D eigenvalue weighted by Crippen LogP contribution is -2.51. The highest BCUT2D eigenvalue weighted by molar-refractivity contribution is 7.92. The van der Waals surface area contributed by atoms with Gasteiger partial charge in [0.2, 0.25) is 11.8 Å². The number of aryl methyl sites for hydroxylation is 3. The van der Waals surface area contributed by atoms with Gasteiger partial charge in [-0.3, -0.25) is 13.9 Å². The van der Waals surface area contributed by atoms with Crippen molar-refractivity contribution in [2.24, 2.45) is 0 Å². The van der Waals surface area contributed by atoms with Gasteiger partial charge in [-0.15, -0.1) is 0 Å². The Balaban J connectivity index is 2.04. The largest absolute Gasteiger partial charge is 0.355 e. The standard InChI is InChI=1S/C29H35N3O4S/c1-6-30-29(34)24(5)31(19-25-10-8-7-9-11-25)28(33)20-32(26-15-14-22(3)23(4)18-26)37(35,36)27-16-12-21(2)13-17-27/h7-18,24H,6,19-20H2,1-5H3,(H,30,34)/t24-/m0/s1. The van der Waals surface area contributed by atoms with E-state index in [1.165, 1.54) is 4.90 Å². The number of amides is 2. The number of hydrogen-bond donors (Lipinski definition) is 1. The number of benzene rings is 3. The van der Waals surface area contributed by atoms with E-state index in [-0.39, 0.29) is 17.3 Å². The second kappa shape index (κ2) is 12.1. The Bertz CT molecular complexity index is 1340. The molecule has 0 aliphatic carbocycles. The zero-order valence-electron chi connectivity index (χ0n) is 22.1. The molecule has 3 rings (SSSR count). The molecule has 0 heterocycles. The summed E-state index contributed by atoms with van der Waals surface area (Å²) >= 11 is 0. The van der Waals surface area contributed by atoms with Crippen molar-refractivity contribution in [2.75, 3.05) is 17.4 Å². The van der Waals surface area contributed by atoms with Crippen molar-refractivity contribution in [3.05, 3.63) is 95.1 Å². The van der Waals surface area contributed by atoms with Crippen molar-refractivity contribution in [3.8, 4) is 0 Å². The zero-order valence-corrected chi connectivity index (χ0v) is 22.9. The minimum Gasteiger partial charge on any atom is -0.355 e. The fourth-order valence-corrected chi connectivity index (χ4v) is 5.34. The molecule has 0 radical (unpaired) electrons. The topological polar surface area (TPSA) is 86.8 Å². The Hall–Kier alpha value is -3.65. The molecule has 37 heavy (non-hydrogen) atoms. The molecule has 1 N–H and O–H groups in total. The summed E-state index contributed by atoms with van der Waals surface area (Å²) in [5, 5.41) is 2.76. The number of nitrogens with one attached hydrogen (secondary N) is 1. The Morgan fingerprint density at radius 2 is 1.54 bits per heavy atom. The normalized spacial score (nSPS) is 12.0. The van der Waals surface area contributed by atoms with Crippen LogP contribution in [0.1, 0.15) is 36.1 Å². The number of carbonyl (C=O) groups excluding carboxylic acids is 2. The number of carbonyl (C=O) groups is 2. The minimum absolute atomic E-state index is 0.0931. The molecule has 0 unspecified atom stereocenters. The first kappa shape index (κ1) is 27.9. The highest BCUT2D eigenvalue weighted by Gasteiger charge is 2.32. The first-order valence-electron chi connectivity index (χ1n) is 12.3. The SMILES string of the molecule is CCNC(=O)[C@H](C)N(Cc1ccccc1)C(=O)CN(c1ccc(C)c(C)c1)S(=O)(=O)c1ccc(C)cc1. The van der Waals surface area contributed by atoms with E-state index in [0.29, 0.717) is 12.2 Å². The van der Waals surface area contributed by atoms with Crippen LogP contribution in [0.5, 0.6) is 0 Å². The summed E-state index contributed by atoms with van der Waals surface area (Å²) in [4.78, 5) is 28.1. The predicted molar refractivity (Wildman–Crippen MR) is 147 cm³/mol. The average molecular weight is 522 g/mol. The van der Waals surface area contributed by atoms with E-state index in [9.17, 15) is 18.0 Å². The van der Waals surface area contributed by atoms with Crippen LogP contribution in [-0.2, 0) is 26.2 Å². The number of rotatable bonds is 10. The summed E-state index contributed by atoms with van der Waals surface area (Å²) in [5.41, 5.74) is 4.08. The van der Waals surface area contributed by atoms with Crippen LogP contribution in [0.2, 0.25) is 0 Å². The molecule has 0 aliphatic heterocycles. The summed E-state index contributed by atoms with van der Waals surface area (Å²) in [5.74, 6) is -0.776. The zero-order chi connectivity index (χ0) is 27.2. The lowest BCUT2D eigenvalue weighted by atomic mass is 10.1. The van der Waals surface area contributed by atoms with Crippen LogP contribution in [0.4, 0.5) is 5.69 Å². The number of likely N-dealkylation sites (N-methyl/N-ethyl adjacent to an activating group) is 1. The summed E-state index contributed by atoms with van der Waals surface area (Å²) in [7, 11) is -4.07. The van der Waals surface area contributed by atoms with Crippen LogP contribution in [0.3, 0.4) is 0 Å². The van der Waals surface area contributed by atoms with Crippen molar-refractivity contribution < 1.29 is 18.0 Å². The van der Waals surface area contributed by atoms with Crippen LogP contribution >= 0.6 is 0 Å². The van der Waals surface area contributed by atoms with Gasteiger partial charge in [-0.2, -0.15) is 0 Å². The van der Waals surface area contributed by atoms with Gasteiger partial charge in [-0.25, -0.2) is 8.42 Å². The third-order valence-electron chi connectivity index (χ3n) is 6.38. The van der Waals surface area contributed by atoms with E-state index >= 15 is 0 Å². The van der Waals surface area contributed by atoms with Gasteiger partial charge in [-0.05, 0) is 75.6 Å². The lowest BCUT2D eigenvalue weighted by molar-refractivity contribution is -0.139. The van der Waals surface area contributed by atoms with Crippen LogP contribution in [0.25, 0.3) is 0 Å². The van der Waals surface area contributed by atoms with Gasteiger partial charge in [-0.1, -0.05) is 54.1 Å². The van der Waals surface area contributed by atoms with Crippen molar-refractivity contribution >= 4 is 27.5 Å². The molecule has 0 fully saturated rings. The van der Waals surface area contributed by atoms with Crippen LogP contribution < -0.4 is 9.62 Å². The van der Waals surface area contributed by atoms with Crippen LogP contribution in [0.15, 0.2) is 77.7 Å². The molecule has 0 saturated heterocycles. The van der Waals surface area contributed by atoms with Gasteiger partial charge in [0.25, 0.3) is 10.0 Å². The Morgan fingerprint density at radius 3 is 2.14 bits per heavy atom. The van der Waals surface area contributed by atoms with Gasteiger partial charge in [0.05, 0.1) is 10.6 Å². The van der Waals surface area contributed by atoms with Crippen LogP contribution in [-0.4, -0.2) is 44.3 Å². The molecule has 1 atom stereocenters.